The largest absolute Gasteiger partial charge is 0.393 e. The lowest BCUT2D eigenvalue weighted by Gasteiger charge is -2.15. The smallest absolute Gasteiger partial charge is 0.333 e. The molecule has 1 heterocycles. The molecule has 1 fully saturated rings. The van der Waals surface area contributed by atoms with Gasteiger partial charge in [0.15, 0.2) is 0 Å². The second kappa shape index (κ2) is 8.23. The third kappa shape index (κ3) is 5.02. The number of anilines is 3. The van der Waals surface area contributed by atoms with Crippen LogP contribution in [-0.2, 0) is 27.3 Å². The number of nitrogens with two attached hydrogens (primary N) is 1. The molecule has 29 heavy (non-hydrogen) atoms. The van der Waals surface area contributed by atoms with Crippen LogP contribution in [0.5, 0.6) is 0 Å². The van der Waals surface area contributed by atoms with Gasteiger partial charge in [0.25, 0.3) is 0 Å². The van der Waals surface area contributed by atoms with Crippen LogP contribution in [0.4, 0.5) is 17.3 Å². The molecule has 2 aliphatic carbocycles. The zero-order valence-electron chi connectivity index (χ0n) is 15.9. The topological polar surface area (TPSA) is 139 Å². The normalized spacial score (nSPS) is 23.7. The molecule has 156 valence electrons. The molecule has 4 rings (SSSR count). The lowest BCUT2D eigenvalue weighted by molar-refractivity contribution is 0.101. The van der Waals surface area contributed by atoms with Crippen LogP contribution in [0.1, 0.15) is 30.4 Å². The Bertz CT molecular complexity index is 984. The molecule has 0 bridgehead atoms. The highest BCUT2D eigenvalue weighted by molar-refractivity contribution is 7.84. The lowest BCUT2D eigenvalue weighted by Crippen LogP contribution is -2.24. The van der Waals surface area contributed by atoms with Gasteiger partial charge in [-0.15, -0.1) is 0 Å². The SMILES string of the molecule is NS(=O)(=O)OC[C@@H]1C[C@@H](Nc2cc(Nc3cccc4c3CCC4)ncn2)C[C@@H]1O. The van der Waals surface area contributed by atoms with Crippen molar-refractivity contribution in [2.75, 3.05) is 17.2 Å². The second-order valence-electron chi connectivity index (χ2n) is 7.63. The molecule has 5 N–H and O–H groups in total. The van der Waals surface area contributed by atoms with Crippen molar-refractivity contribution < 1.29 is 17.7 Å². The summed E-state index contributed by atoms with van der Waals surface area (Å²) in [7, 11) is -4.01. The molecule has 2 aliphatic rings. The first-order valence-corrected chi connectivity index (χ1v) is 11.2. The zero-order valence-corrected chi connectivity index (χ0v) is 16.7. The first-order chi connectivity index (χ1) is 13.9. The number of nitrogens with one attached hydrogen (secondary N) is 2. The monoisotopic (exact) mass is 419 g/mol. The molecule has 0 amide bonds. The van der Waals surface area contributed by atoms with E-state index in [1.807, 2.05) is 6.07 Å². The highest BCUT2D eigenvalue weighted by Gasteiger charge is 2.34. The highest BCUT2D eigenvalue weighted by Crippen LogP contribution is 2.31. The van der Waals surface area contributed by atoms with Gasteiger partial charge < -0.3 is 15.7 Å². The van der Waals surface area contributed by atoms with Gasteiger partial charge in [-0.05, 0) is 49.3 Å². The Morgan fingerprint density at radius 3 is 2.86 bits per heavy atom. The molecule has 3 atom stereocenters. The Morgan fingerprint density at radius 2 is 2.03 bits per heavy atom. The third-order valence-electron chi connectivity index (χ3n) is 5.53. The standard InChI is InChI=1S/C19H25N5O4S/c20-29(26,27)28-10-13-7-14(8-17(13)25)23-18-9-19(22-11-21-18)24-16-6-2-4-12-3-1-5-15(12)16/h2,4,6,9,11,13-14,17,25H,1,3,5,7-8,10H2,(H2,20,26,27)(H2,21,22,23,24)/t13-,14+,17-/m0/s1. The van der Waals surface area contributed by atoms with Crippen LogP contribution in [0.3, 0.4) is 0 Å². The summed E-state index contributed by atoms with van der Waals surface area (Å²) in [6.07, 6.45) is 5.19. The van der Waals surface area contributed by atoms with Crippen molar-refractivity contribution in [2.45, 2.75) is 44.2 Å². The van der Waals surface area contributed by atoms with Gasteiger partial charge in [0.1, 0.15) is 18.0 Å². The number of benzene rings is 1. The molecule has 9 nitrogen and oxygen atoms in total. The van der Waals surface area contributed by atoms with Crippen LogP contribution in [0, 0.1) is 5.92 Å². The van der Waals surface area contributed by atoms with E-state index in [1.165, 1.54) is 23.9 Å². The quantitative estimate of drug-likeness (QED) is 0.529. The van der Waals surface area contributed by atoms with Crippen LogP contribution < -0.4 is 15.8 Å². The number of hydrogen-bond donors (Lipinski definition) is 4. The first kappa shape index (κ1) is 20.0. The number of rotatable bonds is 7. The van der Waals surface area contributed by atoms with Crippen LogP contribution in [-0.4, -0.2) is 42.2 Å². The molecule has 1 aromatic heterocycles. The van der Waals surface area contributed by atoms with Gasteiger partial charge in [-0.25, -0.2) is 15.1 Å². The number of aliphatic hydroxyl groups excluding tert-OH is 1. The van der Waals surface area contributed by atoms with Crippen LogP contribution in [0.15, 0.2) is 30.6 Å². The van der Waals surface area contributed by atoms with Crippen molar-refractivity contribution in [2.24, 2.45) is 11.1 Å². The van der Waals surface area contributed by atoms with Crippen molar-refractivity contribution in [3.8, 4) is 0 Å². The minimum atomic E-state index is -4.01. The molecule has 10 heteroatoms. The highest BCUT2D eigenvalue weighted by atomic mass is 32.2. The van der Waals surface area contributed by atoms with E-state index in [9.17, 15) is 13.5 Å². The van der Waals surface area contributed by atoms with E-state index >= 15 is 0 Å². The maximum absolute atomic E-state index is 11.0. The van der Waals surface area contributed by atoms with Gasteiger partial charge in [0.05, 0.1) is 12.7 Å². The van der Waals surface area contributed by atoms with E-state index in [-0.39, 0.29) is 18.6 Å². The number of aliphatic hydroxyl groups is 1. The fourth-order valence-corrected chi connectivity index (χ4v) is 4.53. The summed E-state index contributed by atoms with van der Waals surface area (Å²) in [5.41, 5.74) is 3.80. The Kier molecular flexibility index (Phi) is 5.68. The molecule has 0 unspecified atom stereocenters. The van der Waals surface area contributed by atoms with Gasteiger partial charge in [0.2, 0.25) is 0 Å². The van der Waals surface area contributed by atoms with Crippen molar-refractivity contribution in [3.05, 3.63) is 41.7 Å². The van der Waals surface area contributed by atoms with Gasteiger partial charge in [0, 0.05) is 23.7 Å². The van der Waals surface area contributed by atoms with Gasteiger partial charge >= 0.3 is 10.3 Å². The molecule has 1 aromatic carbocycles. The Balaban J connectivity index is 1.39. The van der Waals surface area contributed by atoms with Crippen molar-refractivity contribution in [1.29, 1.82) is 0 Å². The summed E-state index contributed by atoms with van der Waals surface area (Å²) in [4.78, 5) is 8.57. The fourth-order valence-electron chi connectivity index (χ4n) is 4.17. The summed E-state index contributed by atoms with van der Waals surface area (Å²) in [5, 5.41) is 21.7. The molecule has 0 saturated heterocycles. The number of nitrogens with zero attached hydrogens (tertiary/aromatic N) is 2. The number of aryl methyl sites for hydroxylation is 1. The Morgan fingerprint density at radius 1 is 1.21 bits per heavy atom. The van der Waals surface area contributed by atoms with E-state index in [2.05, 4.69) is 43.0 Å². The van der Waals surface area contributed by atoms with Gasteiger partial charge in [-0.3, -0.25) is 4.18 Å². The molecule has 2 aromatic rings. The second-order valence-corrected chi connectivity index (χ2v) is 8.85. The van der Waals surface area contributed by atoms with E-state index in [4.69, 9.17) is 5.14 Å². The average Bonchev–Trinajstić information content (AvgIpc) is 3.27. The summed E-state index contributed by atoms with van der Waals surface area (Å²) >= 11 is 0. The van der Waals surface area contributed by atoms with E-state index in [0.29, 0.717) is 24.5 Å². The number of fused-ring (bicyclic) bond motifs is 1. The Hall–Kier alpha value is -2.27. The molecule has 1 saturated carbocycles. The minimum absolute atomic E-state index is 0.0530. The van der Waals surface area contributed by atoms with E-state index in [1.54, 1.807) is 0 Å². The van der Waals surface area contributed by atoms with Crippen molar-refractivity contribution >= 4 is 27.6 Å². The zero-order chi connectivity index (χ0) is 20.4. The van der Waals surface area contributed by atoms with Crippen LogP contribution >= 0.6 is 0 Å². The molecular weight excluding hydrogens is 394 g/mol. The van der Waals surface area contributed by atoms with Crippen molar-refractivity contribution in [3.63, 3.8) is 0 Å². The van der Waals surface area contributed by atoms with E-state index < -0.39 is 16.4 Å². The first-order valence-electron chi connectivity index (χ1n) is 9.69. The fraction of sp³-hybridized carbons (Fsp3) is 0.474. The lowest BCUT2D eigenvalue weighted by atomic mass is 10.1. The van der Waals surface area contributed by atoms with Gasteiger partial charge in [-0.2, -0.15) is 8.42 Å². The van der Waals surface area contributed by atoms with E-state index in [0.717, 1.165) is 18.5 Å². The Labute approximate surface area is 170 Å². The molecule has 0 aliphatic heterocycles. The van der Waals surface area contributed by atoms with Crippen molar-refractivity contribution in [1.82, 2.24) is 9.97 Å². The third-order valence-corrected chi connectivity index (χ3v) is 6.00. The van der Waals surface area contributed by atoms with Crippen LogP contribution in [0.2, 0.25) is 0 Å². The maximum Gasteiger partial charge on any atom is 0.333 e. The predicted molar refractivity (Wildman–Crippen MR) is 109 cm³/mol. The predicted octanol–water partition coefficient (Wildman–Crippen LogP) is 1.48. The van der Waals surface area contributed by atoms with Gasteiger partial charge in [-0.1, -0.05) is 12.1 Å². The molecule has 0 spiro atoms. The number of hydrogen-bond acceptors (Lipinski definition) is 8. The summed E-state index contributed by atoms with van der Waals surface area (Å²) in [6.45, 7) is -0.131. The summed E-state index contributed by atoms with van der Waals surface area (Å²) in [5.74, 6) is 1.02. The summed E-state index contributed by atoms with van der Waals surface area (Å²) < 4.78 is 26.6. The summed E-state index contributed by atoms with van der Waals surface area (Å²) in [6, 6.07) is 8.05. The number of aromatic nitrogens is 2. The maximum atomic E-state index is 11.0. The average molecular weight is 420 g/mol. The van der Waals surface area contributed by atoms with Crippen LogP contribution in [0.25, 0.3) is 0 Å². The molecular formula is C19H25N5O4S. The minimum Gasteiger partial charge on any atom is -0.393 e. The molecule has 0 radical (unpaired) electrons.